The molecule has 2 N–H and O–H groups in total. The number of nitrogens with one attached hydrogen (secondary N) is 1. The molecule has 2 heteroatoms. The Balaban J connectivity index is 1.84. The molecular formula is C13H25NO. The molecule has 0 heterocycles. The second kappa shape index (κ2) is 5.31. The van der Waals surface area contributed by atoms with E-state index in [0.29, 0.717) is 18.6 Å². The second-order valence-electron chi connectivity index (χ2n) is 5.51. The number of aliphatic hydroxyl groups is 1. The van der Waals surface area contributed by atoms with Crippen LogP contribution in [0.1, 0.15) is 51.9 Å². The predicted molar refractivity (Wildman–Crippen MR) is 62.8 cm³/mol. The van der Waals surface area contributed by atoms with Gasteiger partial charge >= 0.3 is 0 Å². The molecule has 0 aromatic rings. The largest absolute Gasteiger partial charge is 0.396 e. The smallest absolute Gasteiger partial charge is 0.0474 e. The summed E-state index contributed by atoms with van der Waals surface area (Å²) < 4.78 is 0. The summed E-state index contributed by atoms with van der Waals surface area (Å²) in [5, 5.41) is 13.1. The van der Waals surface area contributed by atoms with Gasteiger partial charge in [0.2, 0.25) is 0 Å². The molecule has 2 rings (SSSR count). The molecule has 2 aliphatic rings. The van der Waals surface area contributed by atoms with Crippen molar-refractivity contribution in [3.05, 3.63) is 0 Å². The van der Waals surface area contributed by atoms with E-state index in [2.05, 4.69) is 12.2 Å². The zero-order chi connectivity index (χ0) is 10.7. The molecule has 4 unspecified atom stereocenters. The third kappa shape index (κ3) is 2.73. The Hall–Kier alpha value is -0.0800. The van der Waals surface area contributed by atoms with Crippen molar-refractivity contribution in [3.63, 3.8) is 0 Å². The summed E-state index contributed by atoms with van der Waals surface area (Å²) in [4.78, 5) is 0. The van der Waals surface area contributed by atoms with Gasteiger partial charge in [0.05, 0.1) is 0 Å². The van der Waals surface area contributed by atoms with Crippen molar-refractivity contribution < 1.29 is 5.11 Å². The van der Waals surface area contributed by atoms with Gasteiger partial charge in [0.15, 0.2) is 0 Å². The van der Waals surface area contributed by atoms with E-state index in [-0.39, 0.29) is 0 Å². The molecule has 0 radical (unpaired) electrons. The quantitative estimate of drug-likeness (QED) is 0.751. The Morgan fingerprint density at radius 2 is 1.73 bits per heavy atom. The van der Waals surface area contributed by atoms with E-state index in [9.17, 15) is 5.11 Å². The Kier molecular flexibility index (Phi) is 4.04. The third-order valence-electron chi connectivity index (χ3n) is 4.43. The minimum absolute atomic E-state index is 0.374. The molecule has 0 spiro atoms. The van der Waals surface area contributed by atoms with E-state index < -0.39 is 0 Å². The van der Waals surface area contributed by atoms with Crippen molar-refractivity contribution in [1.82, 2.24) is 5.32 Å². The maximum atomic E-state index is 9.29. The Morgan fingerprint density at radius 1 is 1.00 bits per heavy atom. The summed E-state index contributed by atoms with van der Waals surface area (Å²) in [5.74, 6) is 1.36. The van der Waals surface area contributed by atoms with E-state index in [1.807, 2.05) is 0 Å². The lowest BCUT2D eigenvalue weighted by Gasteiger charge is -2.33. The first kappa shape index (κ1) is 11.4. The van der Waals surface area contributed by atoms with Crippen LogP contribution in [0, 0.1) is 11.8 Å². The van der Waals surface area contributed by atoms with Crippen molar-refractivity contribution in [2.45, 2.75) is 64.0 Å². The first-order chi connectivity index (χ1) is 7.31. The van der Waals surface area contributed by atoms with Crippen molar-refractivity contribution >= 4 is 0 Å². The van der Waals surface area contributed by atoms with E-state index in [1.165, 1.54) is 44.9 Å². The van der Waals surface area contributed by atoms with Gasteiger partial charge in [-0.25, -0.2) is 0 Å². The molecule has 2 aliphatic carbocycles. The number of hydrogen-bond donors (Lipinski definition) is 2. The third-order valence-corrected chi connectivity index (χ3v) is 4.43. The van der Waals surface area contributed by atoms with Gasteiger partial charge in [-0.3, -0.25) is 0 Å². The Bertz CT molecular complexity index is 195. The van der Waals surface area contributed by atoms with E-state index in [1.54, 1.807) is 0 Å². The summed E-state index contributed by atoms with van der Waals surface area (Å²) >= 11 is 0. The highest BCUT2D eigenvalue weighted by molar-refractivity contribution is 4.88. The van der Waals surface area contributed by atoms with E-state index in [4.69, 9.17) is 0 Å². The van der Waals surface area contributed by atoms with Gasteiger partial charge in [0, 0.05) is 18.7 Å². The van der Waals surface area contributed by atoms with Gasteiger partial charge in [-0.05, 0) is 37.5 Å². The van der Waals surface area contributed by atoms with Gasteiger partial charge in [0.25, 0.3) is 0 Å². The molecule has 2 nitrogen and oxygen atoms in total. The molecule has 0 amide bonds. The van der Waals surface area contributed by atoms with Crippen LogP contribution in [-0.2, 0) is 0 Å². The number of hydrogen-bond acceptors (Lipinski definition) is 2. The van der Waals surface area contributed by atoms with Crippen LogP contribution < -0.4 is 5.32 Å². The van der Waals surface area contributed by atoms with Gasteiger partial charge in [-0.15, -0.1) is 0 Å². The molecular weight excluding hydrogens is 186 g/mol. The van der Waals surface area contributed by atoms with Gasteiger partial charge in [-0.1, -0.05) is 26.2 Å². The zero-order valence-electron chi connectivity index (χ0n) is 9.91. The lowest BCUT2D eigenvalue weighted by atomic mass is 9.85. The minimum atomic E-state index is 0.374. The second-order valence-corrected chi connectivity index (χ2v) is 5.51. The summed E-state index contributed by atoms with van der Waals surface area (Å²) in [7, 11) is 0. The first-order valence-corrected chi connectivity index (χ1v) is 6.68. The topological polar surface area (TPSA) is 32.3 Å². The van der Waals surface area contributed by atoms with Crippen LogP contribution in [0.3, 0.4) is 0 Å². The normalized spacial score (nSPS) is 42.0. The average Bonchev–Trinajstić information content (AvgIpc) is 2.69. The highest BCUT2D eigenvalue weighted by atomic mass is 16.3. The highest BCUT2D eigenvalue weighted by Gasteiger charge is 2.30. The van der Waals surface area contributed by atoms with Crippen molar-refractivity contribution in [1.29, 1.82) is 0 Å². The molecule has 4 atom stereocenters. The van der Waals surface area contributed by atoms with Crippen molar-refractivity contribution in [2.24, 2.45) is 11.8 Å². The fourth-order valence-corrected chi connectivity index (χ4v) is 3.31. The molecule has 0 aliphatic heterocycles. The standard InChI is InChI=1S/C13H25NO/c1-10-5-2-3-7-12(10)14-13-8-4-6-11(13)9-15/h10-15H,2-9H2,1H3. The Labute approximate surface area is 93.5 Å². The molecule has 0 aromatic heterocycles. The number of aliphatic hydroxyl groups excluding tert-OH is 1. The lowest BCUT2D eigenvalue weighted by molar-refractivity contribution is 0.179. The van der Waals surface area contributed by atoms with Crippen LogP contribution in [-0.4, -0.2) is 23.8 Å². The van der Waals surface area contributed by atoms with Crippen LogP contribution >= 0.6 is 0 Å². The van der Waals surface area contributed by atoms with Crippen LogP contribution in [0.4, 0.5) is 0 Å². The maximum Gasteiger partial charge on any atom is 0.0474 e. The van der Waals surface area contributed by atoms with Crippen LogP contribution in [0.2, 0.25) is 0 Å². The van der Waals surface area contributed by atoms with E-state index >= 15 is 0 Å². The summed E-state index contributed by atoms with van der Waals surface area (Å²) in [6, 6.07) is 1.32. The molecule has 2 fully saturated rings. The Morgan fingerprint density at radius 3 is 2.47 bits per heavy atom. The molecule has 2 saturated carbocycles. The van der Waals surface area contributed by atoms with Crippen LogP contribution in [0.5, 0.6) is 0 Å². The van der Waals surface area contributed by atoms with Crippen molar-refractivity contribution in [2.75, 3.05) is 6.61 Å². The number of rotatable bonds is 3. The maximum absolute atomic E-state index is 9.29. The lowest BCUT2D eigenvalue weighted by Crippen LogP contribution is -2.45. The fraction of sp³-hybridized carbons (Fsp3) is 1.00. The predicted octanol–water partition coefficient (Wildman–Crippen LogP) is 2.32. The molecule has 88 valence electrons. The van der Waals surface area contributed by atoms with Gasteiger partial charge < -0.3 is 10.4 Å². The van der Waals surface area contributed by atoms with Gasteiger partial charge in [0.1, 0.15) is 0 Å². The first-order valence-electron chi connectivity index (χ1n) is 6.68. The van der Waals surface area contributed by atoms with E-state index in [0.717, 1.165) is 12.0 Å². The SMILES string of the molecule is CC1CCCCC1NC1CCCC1CO. The van der Waals surface area contributed by atoms with Crippen molar-refractivity contribution in [3.8, 4) is 0 Å². The highest BCUT2D eigenvalue weighted by Crippen LogP contribution is 2.29. The molecule has 0 bridgehead atoms. The zero-order valence-corrected chi connectivity index (χ0v) is 9.91. The average molecular weight is 211 g/mol. The summed E-state index contributed by atoms with van der Waals surface area (Å²) in [5.41, 5.74) is 0. The van der Waals surface area contributed by atoms with Gasteiger partial charge in [-0.2, -0.15) is 0 Å². The van der Waals surface area contributed by atoms with Crippen LogP contribution in [0.15, 0.2) is 0 Å². The summed E-state index contributed by atoms with van der Waals surface area (Å²) in [6.07, 6.45) is 9.31. The monoisotopic (exact) mass is 211 g/mol. The molecule has 15 heavy (non-hydrogen) atoms. The molecule has 0 saturated heterocycles. The summed E-state index contributed by atoms with van der Waals surface area (Å²) in [6.45, 7) is 2.75. The molecule has 0 aromatic carbocycles. The minimum Gasteiger partial charge on any atom is -0.396 e. The van der Waals surface area contributed by atoms with Crippen LogP contribution in [0.25, 0.3) is 0 Å². The fourth-order valence-electron chi connectivity index (χ4n) is 3.31.